The van der Waals surface area contributed by atoms with Crippen molar-refractivity contribution in [3.63, 3.8) is 0 Å². The smallest absolute Gasteiger partial charge is 0.321 e. The van der Waals surface area contributed by atoms with Gasteiger partial charge in [0.05, 0.1) is 0 Å². The van der Waals surface area contributed by atoms with Crippen LogP contribution in [0.5, 0.6) is 0 Å². The molecule has 1 N–H and O–H groups in total. The predicted molar refractivity (Wildman–Crippen MR) is 73.2 cm³/mol. The van der Waals surface area contributed by atoms with E-state index in [2.05, 4.69) is 5.32 Å². The highest BCUT2D eigenvalue weighted by Crippen LogP contribution is 2.01. The van der Waals surface area contributed by atoms with Gasteiger partial charge in [-0.1, -0.05) is 30.3 Å². The number of hydrogen-bond acceptors (Lipinski definition) is 2. The number of nitrogens with one attached hydrogen (secondary N) is 1. The lowest BCUT2D eigenvalue weighted by Gasteiger charge is -2.32. The number of amides is 3. The van der Waals surface area contributed by atoms with Gasteiger partial charge in [0.1, 0.15) is 0 Å². The zero-order valence-corrected chi connectivity index (χ0v) is 10.7. The van der Waals surface area contributed by atoms with E-state index in [9.17, 15) is 9.59 Å². The van der Waals surface area contributed by atoms with E-state index >= 15 is 0 Å². The molecule has 1 saturated heterocycles. The van der Waals surface area contributed by atoms with Gasteiger partial charge in [-0.25, -0.2) is 4.79 Å². The standard InChI is InChI=1S/C14H17N3O2/c18-12-16-8-10-17(11-9-16)14(19)15-7-6-13-4-2-1-3-5-13/h1-7,12H,8-11H2,(H,15,19)/b7-6+. The number of benzene rings is 1. The molecule has 1 aromatic carbocycles. The maximum Gasteiger partial charge on any atom is 0.321 e. The first-order chi connectivity index (χ1) is 9.29. The lowest BCUT2D eigenvalue weighted by Crippen LogP contribution is -2.50. The Labute approximate surface area is 112 Å². The number of piperazine rings is 1. The molecule has 5 heteroatoms. The Kier molecular flexibility index (Phi) is 4.55. The van der Waals surface area contributed by atoms with Crippen LogP contribution in [0, 0.1) is 0 Å². The lowest BCUT2D eigenvalue weighted by atomic mass is 10.2. The largest absolute Gasteiger partial charge is 0.342 e. The Morgan fingerprint density at radius 1 is 1.11 bits per heavy atom. The Hall–Kier alpha value is -2.30. The van der Waals surface area contributed by atoms with Crippen molar-refractivity contribution in [1.29, 1.82) is 0 Å². The summed E-state index contributed by atoms with van der Waals surface area (Å²) in [6, 6.07) is 9.64. The molecule has 0 atom stereocenters. The van der Waals surface area contributed by atoms with Crippen LogP contribution in [0.4, 0.5) is 4.79 Å². The normalized spacial score (nSPS) is 15.6. The monoisotopic (exact) mass is 259 g/mol. The Bertz CT molecular complexity index is 451. The van der Waals surface area contributed by atoms with E-state index in [-0.39, 0.29) is 6.03 Å². The van der Waals surface area contributed by atoms with Gasteiger partial charge >= 0.3 is 6.03 Å². The van der Waals surface area contributed by atoms with Crippen LogP contribution in [0.3, 0.4) is 0 Å². The van der Waals surface area contributed by atoms with Crippen molar-refractivity contribution in [2.75, 3.05) is 26.2 Å². The minimum atomic E-state index is -0.127. The third kappa shape index (κ3) is 3.84. The van der Waals surface area contributed by atoms with Crippen LogP contribution in [-0.2, 0) is 4.79 Å². The molecule has 3 amide bonds. The molecule has 100 valence electrons. The first kappa shape index (κ1) is 13.1. The van der Waals surface area contributed by atoms with Crippen LogP contribution < -0.4 is 5.32 Å². The average Bonchev–Trinajstić information content (AvgIpc) is 2.48. The second kappa shape index (κ2) is 6.58. The summed E-state index contributed by atoms with van der Waals surface area (Å²) in [5.41, 5.74) is 1.04. The molecular weight excluding hydrogens is 242 g/mol. The molecule has 0 spiro atoms. The van der Waals surface area contributed by atoms with Crippen LogP contribution in [0.15, 0.2) is 36.5 Å². The summed E-state index contributed by atoms with van der Waals surface area (Å²) in [7, 11) is 0. The quantitative estimate of drug-likeness (QED) is 0.828. The molecule has 0 unspecified atom stereocenters. The highest BCUT2D eigenvalue weighted by Gasteiger charge is 2.18. The molecule has 2 rings (SSSR count). The zero-order chi connectivity index (χ0) is 13.5. The summed E-state index contributed by atoms with van der Waals surface area (Å²) < 4.78 is 0. The van der Waals surface area contributed by atoms with Crippen molar-refractivity contribution in [3.8, 4) is 0 Å². The average molecular weight is 259 g/mol. The van der Waals surface area contributed by atoms with Crippen LogP contribution >= 0.6 is 0 Å². The van der Waals surface area contributed by atoms with E-state index in [1.54, 1.807) is 16.0 Å². The van der Waals surface area contributed by atoms with Crippen LogP contribution in [0.1, 0.15) is 5.56 Å². The molecule has 0 bridgehead atoms. The maximum atomic E-state index is 11.8. The van der Waals surface area contributed by atoms with Crippen molar-refractivity contribution in [2.45, 2.75) is 0 Å². The van der Waals surface area contributed by atoms with Gasteiger partial charge in [0, 0.05) is 32.4 Å². The second-order valence-corrected chi connectivity index (χ2v) is 4.32. The van der Waals surface area contributed by atoms with Crippen molar-refractivity contribution in [2.24, 2.45) is 0 Å². The summed E-state index contributed by atoms with van der Waals surface area (Å²) in [5, 5.41) is 2.73. The fourth-order valence-corrected chi connectivity index (χ4v) is 1.90. The van der Waals surface area contributed by atoms with Crippen molar-refractivity contribution in [3.05, 3.63) is 42.1 Å². The number of rotatable bonds is 3. The van der Waals surface area contributed by atoms with Gasteiger partial charge in [0.25, 0.3) is 0 Å². The maximum absolute atomic E-state index is 11.8. The molecule has 1 heterocycles. The summed E-state index contributed by atoms with van der Waals surface area (Å²) in [6.45, 7) is 2.34. The van der Waals surface area contributed by atoms with Gasteiger partial charge in [0.15, 0.2) is 0 Å². The number of nitrogens with zero attached hydrogens (tertiary/aromatic N) is 2. The Morgan fingerprint density at radius 2 is 1.79 bits per heavy atom. The Morgan fingerprint density at radius 3 is 2.42 bits per heavy atom. The van der Waals surface area contributed by atoms with Gasteiger partial charge in [-0.15, -0.1) is 0 Å². The van der Waals surface area contributed by atoms with Crippen LogP contribution in [0.2, 0.25) is 0 Å². The van der Waals surface area contributed by atoms with Crippen molar-refractivity contribution < 1.29 is 9.59 Å². The van der Waals surface area contributed by atoms with E-state index < -0.39 is 0 Å². The Balaban J connectivity index is 1.79. The van der Waals surface area contributed by atoms with Crippen LogP contribution in [-0.4, -0.2) is 48.4 Å². The van der Waals surface area contributed by atoms with Gasteiger partial charge < -0.3 is 15.1 Å². The minimum Gasteiger partial charge on any atom is -0.342 e. The molecule has 1 aliphatic heterocycles. The number of urea groups is 1. The third-order valence-electron chi connectivity index (χ3n) is 3.03. The molecule has 0 radical (unpaired) electrons. The zero-order valence-electron chi connectivity index (χ0n) is 10.7. The highest BCUT2D eigenvalue weighted by atomic mass is 16.2. The van der Waals surface area contributed by atoms with Gasteiger partial charge in [-0.2, -0.15) is 0 Å². The fraction of sp³-hybridized carbons (Fsp3) is 0.286. The number of hydrogen-bond donors (Lipinski definition) is 1. The second-order valence-electron chi connectivity index (χ2n) is 4.32. The fourth-order valence-electron chi connectivity index (χ4n) is 1.90. The first-order valence-electron chi connectivity index (χ1n) is 6.26. The summed E-state index contributed by atoms with van der Waals surface area (Å²) in [6.07, 6.45) is 4.31. The molecule has 0 saturated carbocycles. The molecule has 1 aliphatic rings. The molecule has 5 nitrogen and oxygen atoms in total. The first-order valence-corrected chi connectivity index (χ1v) is 6.26. The van der Waals surface area contributed by atoms with E-state index in [0.29, 0.717) is 26.2 Å². The van der Waals surface area contributed by atoms with Gasteiger partial charge in [-0.3, -0.25) is 4.79 Å². The van der Waals surface area contributed by atoms with Crippen molar-refractivity contribution >= 4 is 18.5 Å². The predicted octanol–water partition coefficient (Wildman–Crippen LogP) is 1.14. The summed E-state index contributed by atoms with van der Waals surface area (Å²) in [4.78, 5) is 25.8. The molecule has 1 aromatic rings. The molecule has 0 aromatic heterocycles. The number of carbonyl (C=O) groups excluding carboxylic acids is 2. The number of carbonyl (C=O) groups is 2. The van der Waals surface area contributed by atoms with Crippen molar-refractivity contribution in [1.82, 2.24) is 15.1 Å². The summed E-state index contributed by atoms with van der Waals surface area (Å²) in [5.74, 6) is 0. The summed E-state index contributed by atoms with van der Waals surface area (Å²) >= 11 is 0. The van der Waals surface area contributed by atoms with E-state index in [4.69, 9.17) is 0 Å². The molecule has 1 fully saturated rings. The molecular formula is C14H17N3O2. The SMILES string of the molecule is O=CN1CCN(C(=O)N/C=C/c2ccccc2)CC1. The van der Waals surface area contributed by atoms with Gasteiger partial charge in [-0.05, 0) is 11.6 Å². The van der Waals surface area contributed by atoms with E-state index in [1.807, 2.05) is 36.4 Å². The van der Waals surface area contributed by atoms with E-state index in [1.165, 1.54) is 0 Å². The molecule has 19 heavy (non-hydrogen) atoms. The van der Waals surface area contributed by atoms with Gasteiger partial charge in [0.2, 0.25) is 6.41 Å². The third-order valence-corrected chi connectivity index (χ3v) is 3.03. The highest BCUT2D eigenvalue weighted by molar-refractivity contribution is 5.76. The van der Waals surface area contributed by atoms with E-state index in [0.717, 1.165) is 12.0 Å². The minimum absolute atomic E-state index is 0.127. The van der Waals surface area contributed by atoms with Crippen LogP contribution in [0.25, 0.3) is 6.08 Å². The topological polar surface area (TPSA) is 52.7 Å². The lowest BCUT2D eigenvalue weighted by molar-refractivity contribution is -0.119. The molecule has 0 aliphatic carbocycles.